The normalized spacial score (nSPS) is 20.0. The van der Waals surface area contributed by atoms with Crippen molar-refractivity contribution < 1.29 is 14.4 Å². The first-order valence-corrected chi connectivity index (χ1v) is 6.55. The number of hydrogen-bond acceptors (Lipinski definition) is 3. The van der Waals surface area contributed by atoms with Gasteiger partial charge in [-0.15, -0.1) is 0 Å². The van der Waals surface area contributed by atoms with Crippen molar-refractivity contribution in [3.63, 3.8) is 0 Å². The third-order valence-corrected chi connectivity index (χ3v) is 3.53. The van der Waals surface area contributed by atoms with Crippen molar-refractivity contribution in [2.24, 2.45) is 16.8 Å². The van der Waals surface area contributed by atoms with Gasteiger partial charge in [0.25, 0.3) is 5.91 Å². The van der Waals surface area contributed by atoms with Crippen molar-refractivity contribution in [1.82, 2.24) is 4.90 Å². The van der Waals surface area contributed by atoms with Crippen molar-refractivity contribution in [3.8, 4) is 0 Å². The number of carbonyl (C=O) groups is 1. The molecule has 0 radical (unpaired) electrons. The van der Waals surface area contributed by atoms with Crippen LogP contribution in [0.1, 0.15) is 28.8 Å². The third-order valence-electron chi connectivity index (χ3n) is 3.53. The van der Waals surface area contributed by atoms with Gasteiger partial charge in [-0.2, -0.15) is 0 Å². The molecule has 0 spiro atoms. The Morgan fingerprint density at radius 1 is 1.50 bits per heavy atom. The molecule has 2 rings (SSSR count). The summed E-state index contributed by atoms with van der Waals surface area (Å²) in [5, 5.41) is 11.7. The van der Waals surface area contributed by atoms with Gasteiger partial charge in [0.15, 0.2) is 0 Å². The lowest BCUT2D eigenvalue weighted by Gasteiger charge is -2.32. The maximum Gasteiger partial charge on any atom is 0.253 e. The van der Waals surface area contributed by atoms with E-state index in [0.717, 1.165) is 12.8 Å². The minimum Gasteiger partial charge on any atom is -0.409 e. The van der Waals surface area contributed by atoms with Crippen LogP contribution < -0.4 is 5.73 Å². The molecule has 1 saturated heterocycles. The highest BCUT2D eigenvalue weighted by molar-refractivity contribution is 5.95. The minimum atomic E-state index is -0.418. The van der Waals surface area contributed by atoms with Gasteiger partial charge >= 0.3 is 0 Å². The van der Waals surface area contributed by atoms with E-state index in [1.807, 2.05) is 0 Å². The van der Waals surface area contributed by atoms with Crippen LogP contribution in [-0.4, -0.2) is 34.9 Å². The minimum absolute atomic E-state index is 0.137. The lowest BCUT2D eigenvalue weighted by molar-refractivity contribution is 0.0700. The van der Waals surface area contributed by atoms with Gasteiger partial charge in [0.1, 0.15) is 11.7 Å². The summed E-state index contributed by atoms with van der Waals surface area (Å²) in [5.74, 6) is -0.647. The molecule has 1 aromatic carbocycles. The zero-order valence-electron chi connectivity index (χ0n) is 11.3. The molecule has 20 heavy (non-hydrogen) atoms. The molecule has 3 N–H and O–H groups in total. The SMILES string of the molecule is Cc1cc(F)cc(C(=O)N2CCCC(/C(N)=N/O)C2)c1. The third kappa shape index (κ3) is 3.07. The second kappa shape index (κ2) is 5.90. The predicted octanol–water partition coefficient (Wildman–Crippen LogP) is 1.73. The summed E-state index contributed by atoms with van der Waals surface area (Å²) in [7, 11) is 0. The molecule has 1 unspecified atom stereocenters. The Labute approximate surface area is 116 Å². The van der Waals surface area contributed by atoms with Crippen LogP contribution in [-0.2, 0) is 0 Å². The highest BCUT2D eigenvalue weighted by Crippen LogP contribution is 2.19. The van der Waals surface area contributed by atoms with E-state index >= 15 is 0 Å². The number of nitrogens with zero attached hydrogens (tertiary/aromatic N) is 2. The zero-order valence-corrected chi connectivity index (χ0v) is 11.3. The average molecular weight is 279 g/mol. The summed E-state index contributed by atoms with van der Waals surface area (Å²) < 4.78 is 13.4. The fourth-order valence-corrected chi connectivity index (χ4v) is 2.53. The molecule has 1 heterocycles. The van der Waals surface area contributed by atoms with Crippen LogP contribution in [0.5, 0.6) is 0 Å². The number of hydrogen-bond donors (Lipinski definition) is 2. The first-order valence-electron chi connectivity index (χ1n) is 6.55. The fraction of sp³-hybridized carbons (Fsp3) is 0.429. The van der Waals surface area contributed by atoms with Crippen molar-refractivity contribution >= 4 is 11.7 Å². The molecule has 1 fully saturated rings. The predicted molar refractivity (Wildman–Crippen MR) is 73.2 cm³/mol. The van der Waals surface area contributed by atoms with E-state index in [2.05, 4.69) is 5.16 Å². The number of nitrogens with two attached hydrogens (primary N) is 1. The average Bonchev–Trinajstić information content (AvgIpc) is 2.44. The van der Waals surface area contributed by atoms with Gasteiger partial charge < -0.3 is 15.8 Å². The van der Waals surface area contributed by atoms with E-state index in [4.69, 9.17) is 10.9 Å². The van der Waals surface area contributed by atoms with Crippen LogP contribution in [0, 0.1) is 18.7 Å². The van der Waals surface area contributed by atoms with Gasteiger partial charge in [-0.25, -0.2) is 4.39 Å². The van der Waals surface area contributed by atoms with E-state index in [-0.39, 0.29) is 17.7 Å². The Morgan fingerprint density at radius 3 is 2.90 bits per heavy atom. The molecule has 0 saturated carbocycles. The first kappa shape index (κ1) is 14.3. The van der Waals surface area contributed by atoms with Crippen LogP contribution in [0.3, 0.4) is 0 Å². The second-order valence-electron chi connectivity index (χ2n) is 5.13. The molecular weight excluding hydrogens is 261 g/mol. The van der Waals surface area contributed by atoms with E-state index in [9.17, 15) is 9.18 Å². The number of likely N-dealkylation sites (tertiary alicyclic amines) is 1. The number of amides is 1. The Kier molecular flexibility index (Phi) is 4.22. The van der Waals surface area contributed by atoms with Gasteiger partial charge in [-0.3, -0.25) is 4.79 Å². The maximum absolute atomic E-state index is 13.4. The van der Waals surface area contributed by atoms with Crippen molar-refractivity contribution in [2.45, 2.75) is 19.8 Å². The van der Waals surface area contributed by atoms with E-state index < -0.39 is 5.82 Å². The summed E-state index contributed by atoms with van der Waals surface area (Å²) in [6.45, 7) is 2.74. The summed E-state index contributed by atoms with van der Waals surface area (Å²) >= 11 is 0. The molecule has 6 heteroatoms. The summed E-state index contributed by atoms with van der Waals surface area (Å²) in [5.41, 5.74) is 6.64. The van der Waals surface area contributed by atoms with Gasteiger partial charge in [-0.05, 0) is 43.5 Å². The number of amidine groups is 1. The number of benzene rings is 1. The molecule has 1 amide bonds. The molecule has 1 aliphatic heterocycles. The van der Waals surface area contributed by atoms with Crippen molar-refractivity contribution in [1.29, 1.82) is 0 Å². The number of rotatable bonds is 2. The standard InChI is InChI=1S/C14H18FN3O2/c1-9-5-11(7-12(15)6-9)14(19)18-4-2-3-10(8-18)13(16)17-20/h5-7,10,20H,2-4,8H2,1H3,(H2,16,17). The molecule has 1 atom stereocenters. The Bertz CT molecular complexity index is 525. The van der Waals surface area contributed by atoms with E-state index in [1.165, 1.54) is 12.1 Å². The number of oxime groups is 1. The first-order chi connectivity index (χ1) is 9.51. The smallest absolute Gasteiger partial charge is 0.253 e. The van der Waals surface area contributed by atoms with Gasteiger partial charge in [0.05, 0.1) is 0 Å². The maximum atomic E-state index is 13.4. The summed E-state index contributed by atoms with van der Waals surface area (Å²) in [6.07, 6.45) is 1.56. The molecular formula is C14H18FN3O2. The molecule has 0 bridgehead atoms. The van der Waals surface area contributed by atoms with E-state index in [0.29, 0.717) is 24.2 Å². The van der Waals surface area contributed by atoms with Crippen LogP contribution in [0.25, 0.3) is 0 Å². The molecule has 1 aromatic rings. The molecule has 0 aliphatic carbocycles. The number of piperidine rings is 1. The van der Waals surface area contributed by atoms with E-state index in [1.54, 1.807) is 17.9 Å². The highest BCUT2D eigenvalue weighted by atomic mass is 19.1. The van der Waals surface area contributed by atoms with Gasteiger partial charge in [-0.1, -0.05) is 5.16 Å². The largest absolute Gasteiger partial charge is 0.409 e. The Morgan fingerprint density at radius 2 is 2.25 bits per heavy atom. The topological polar surface area (TPSA) is 78.9 Å². The molecule has 108 valence electrons. The quantitative estimate of drug-likeness (QED) is 0.374. The highest BCUT2D eigenvalue weighted by Gasteiger charge is 2.27. The fourth-order valence-electron chi connectivity index (χ4n) is 2.53. The molecule has 0 aromatic heterocycles. The van der Waals surface area contributed by atoms with Gasteiger partial charge in [0.2, 0.25) is 0 Å². The zero-order chi connectivity index (χ0) is 14.7. The Balaban J connectivity index is 2.16. The summed E-state index contributed by atoms with van der Waals surface area (Å²) in [6, 6.07) is 4.28. The van der Waals surface area contributed by atoms with Crippen molar-refractivity contribution in [3.05, 3.63) is 35.1 Å². The second-order valence-corrected chi connectivity index (χ2v) is 5.13. The summed E-state index contributed by atoms with van der Waals surface area (Å²) in [4.78, 5) is 14.0. The number of aryl methyl sites for hydroxylation is 1. The number of halogens is 1. The molecule has 1 aliphatic rings. The molecule has 5 nitrogen and oxygen atoms in total. The van der Waals surface area contributed by atoms with Crippen LogP contribution in [0.15, 0.2) is 23.4 Å². The van der Waals surface area contributed by atoms with Crippen molar-refractivity contribution in [2.75, 3.05) is 13.1 Å². The van der Waals surface area contributed by atoms with Crippen LogP contribution >= 0.6 is 0 Å². The van der Waals surface area contributed by atoms with Crippen LogP contribution in [0.4, 0.5) is 4.39 Å². The lowest BCUT2D eigenvalue weighted by atomic mass is 9.96. The van der Waals surface area contributed by atoms with Gasteiger partial charge in [0, 0.05) is 24.6 Å². The van der Waals surface area contributed by atoms with Crippen LogP contribution in [0.2, 0.25) is 0 Å². The lowest BCUT2D eigenvalue weighted by Crippen LogP contribution is -2.44. The Hall–Kier alpha value is -2.11. The monoisotopic (exact) mass is 279 g/mol. The number of carbonyl (C=O) groups excluding carboxylic acids is 1.